The van der Waals surface area contributed by atoms with Crippen LogP contribution >= 0.6 is 0 Å². The van der Waals surface area contributed by atoms with Crippen LogP contribution in [0.4, 0.5) is 4.39 Å². The van der Waals surface area contributed by atoms with Gasteiger partial charge in [0.05, 0.1) is 5.75 Å². The Hall–Kier alpha value is -0.980. The molecular formula is C14H21FN2O2S. The van der Waals surface area contributed by atoms with Crippen molar-refractivity contribution in [2.24, 2.45) is 11.7 Å². The molecule has 0 spiro atoms. The van der Waals surface area contributed by atoms with Crippen molar-refractivity contribution < 1.29 is 12.8 Å². The van der Waals surface area contributed by atoms with Crippen LogP contribution in [0, 0.1) is 11.7 Å². The fourth-order valence-corrected chi connectivity index (χ4v) is 4.24. The maximum Gasteiger partial charge on any atom is 0.216 e. The smallest absolute Gasteiger partial charge is 0.216 e. The van der Waals surface area contributed by atoms with E-state index in [9.17, 15) is 12.8 Å². The summed E-state index contributed by atoms with van der Waals surface area (Å²) in [5.41, 5.74) is 6.16. The molecule has 112 valence electrons. The van der Waals surface area contributed by atoms with Gasteiger partial charge < -0.3 is 5.73 Å². The molecule has 0 aromatic heterocycles. The number of hydrogen-bond donors (Lipinski definition) is 2. The van der Waals surface area contributed by atoms with E-state index in [2.05, 4.69) is 4.72 Å². The molecule has 0 saturated heterocycles. The Balaban J connectivity index is 2.03. The van der Waals surface area contributed by atoms with E-state index >= 15 is 0 Å². The van der Waals surface area contributed by atoms with Crippen LogP contribution in [0.3, 0.4) is 0 Å². The molecule has 4 nitrogen and oxygen atoms in total. The van der Waals surface area contributed by atoms with Crippen molar-refractivity contribution in [1.29, 1.82) is 0 Å². The normalized spacial score (nSPS) is 23.7. The molecule has 6 heteroatoms. The van der Waals surface area contributed by atoms with E-state index in [4.69, 9.17) is 5.73 Å². The van der Waals surface area contributed by atoms with Gasteiger partial charge in [-0.2, -0.15) is 0 Å². The first-order valence-corrected chi connectivity index (χ1v) is 8.60. The van der Waals surface area contributed by atoms with Crippen LogP contribution in [-0.4, -0.2) is 21.0 Å². The number of rotatable bonds is 5. The Labute approximate surface area is 119 Å². The molecule has 0 heterocycles. The summed E-state index contributed by atoms with van der Waals surface area (Å²) in [6.07, 6.45) is 3.90. The summed E-state index contributed by atoms with van der Waals surface area (Å²) < 4.78 is 40.2. The lowest BCUT2D eigenvalue weighted by Crippen LogP contribution is -2.45. The van der Waals surface area contributed by atoms with Crippen LogP contribution in [0.25, 0.3) is 0 Å². The van der Waals surface area contributed by atoms with Crippen molar-refractivity contribution in [2.45, 2.75) is 37.5 Å². The van der Waals surface area contributed by atoms with Crippen molar-refractivity contribution in [3.8, 4) is 0 Å². The van der Waals surface area contributed by atoms with Crippen LogP contribution in [0.5, 0.6) is 0 Å². The molecular weight excluding hydrogens is 279 g/mol. The minimum atomic E-state index is -3.47. The number of nitrogens with two attached hydrogens (primary N) is 1. The van der Waals surface area contributed by atoms with Crippen molar-refractivity contribution in [2.75, 3.05) is 6.54 Å². The average Bonchev–Trinajstić information content (AvgIpc) is 2.38. The van der Waals surface area contributed by atoms with Crippen LogP contribution in [0.2, 0.25) is 0 Å². The number of sulfonamides is 1. The number of nitrogens with one attached hydrogen (secondary N) is 1. The molecule has 1 aliphatic rings. The molecule has 0 aliphatic heterocycles. The van der Waals surface area contributed by atoms with Crippen LogP contribution in [0.1, 0.15) is 31.2 Å². The summed E-state index contributed by atoms with van der Waals surface area (Å²) in [6.45, 7) is 0.493. The van der Waals surface area contributed by atoms with Gasteiger partial charge in [0.15, 0.2) is 0 Å². The quantitative estimate of drug-likeness (QED) is 0.870. The van der Waals surface area contributed by atoms with Crippen molar-refractivity contribution in [1.82, 2.24) is 4.72 Å². The topological polar surface area (TPSA) is 72.2 Å². The molecule has 3 N–H and O–H groups in total. The molecule has 0 bridgehead atoms. The monoisotopic (exact) mass is 300 g/mol. The molecule has 20 heavy (non-hydrogen) atoms. The second kappa shape index (κ2) is 6.65. The average molecular weight is 300 g/mol. The molecule has 0 radical (unpaired) electrons. The van der Waals surface area contributed by atoms with E-state index < -0.39 is 15.8 Å². The van der Waals surface area contributed by atoms with Crippen LogP contribution in [-0.2, 0) is 15.8 Å². The third kappa shape index (κ3) is 4.26. The summed E-state index contributed by atoms with van der Waals surface area (Å²) in [5.74, 6) is -0.417. The number of halogens is 1. The molecule has 1 fully saturated rings. The predicted molar refractivity (Wildman–Crippen MR) is 77.0 cm³/mol. The molecule has 1 saturated carbocycles. The van der Waals surface area contributed by atoms with Gasteiger partial charge in [0.2, 0.25) is 10.0 Å². The zero-order valence-electron chi connectivity index (χ0n) is 11.4. The molecule has 1 aliphatic carbocycles. The van der Waals surface area contributed by atoms with E-state index in [1.165, 1.54) is 18.2 Å². The fraction of sp³-hybridized carbons (Fsp3) is 0.571. The van der Waals surface area contributed by atoms with Gasteiger partial charge in [-0.1, -0.05) is 25.0 Å². The summed E-state index contributed by atoms with van der Waals surface area (Å²) in [6, 6.07) is 5.59. The highest BCUT2D eigenvalue weighted by atomic mass is 32.2. The zero-order valence-corrected chi connectivity index (χ0v) is 12.2. The maximum atomic E-state index is 13.1. The Morgan fingerprint density at radius 3 is 2.75 bits per heavy atom. The highest BCUT2D eigenvalue weighted by Crippen LogP contribution is 2.24. The highest BCUT2D eigenvalue weighted by molar-refractivity contribution is 7.88. The largest absolute Gasteiger partial charge is 0.330 e. The zero-order chi connectivity index (χ0) is 14.6. The van der Waals surface area contributed by atoms with E-state index in [1.54, 1.807) is 6.07 Å². The molecule has 2 atom stereocenters. The van der Waals surface area contributed by atoms with Crippen molar-refractivity contribution >= 4 is 10.0 Å². The van der Waals surface area contributed by atoms with Gasteiger partial charge in [-0.15, -0.1) is 0 Å². The molecule has 1 aromatic carbocycles. The number of benzene rings is 1. The standard InChI is InChI=1S/C14H21FN2O2S/c15-13-6-3-4-11(8-13)10-20(18,19)17-14-7-2-1-5-12(14)9-16/h3-4,6,8,12,14,17H,1-2,5,7,9-10,16H2/t12-,14+/m1/s1. The lowest BCUT2D eigenvalue weighted by atomic mass is 9.85. The fourth-order valence-electron chi connectivity index (χ4n) is 2.76. The lowest BCUT2D eigenvalue weighted by Gasteiger charge is -2.31. The molecule has 0 amide bonds. The van der Waals surface area contributed by atoms with Gasteiger partial charge in [0, 0.05) is 6.04 Å². The first-order valence-electron chi connectivity index (χ1n) is 6.95. The number of hydrogen-bond acceptors (Lipinski definition) is 3. The van der Waals surface area contributed by atoms with E-state index in [-0.39, 0.29) is 17.7 Å². The highest BCUT2D eigenvalue weighted by Gasteiger charge is 2.27. The summed E-state index contributed by atoms with van der Waals surface area (Å²) in [5, 5.41) is 0. The van der Waals surface area contributed by atoms with Gasteiger partial charge in [-0.05, 0) is 43.0 Å². The van der Waals surface area contributed by atoms with Gasteiger partial charge in [-0.3, -0.25) is 0 Å². The van der Waals surface area contributed by atoms with Crippen LogP contribution in [0.15, 0.2) is 24.3 Å². The summed E-state index contributed by atoms with van der Waals surface area (Å²) >= 11 is 0. The van der Waals surface area contributed by atoms with Crippen LogP contribution < -0.4 is 10.5 Å². The lowest BCUT2D eigenvalue weighted by molar-refractivity contribution is 0.296. The van der Waals surface area contributed by atoms with E-state index in [1.807, 2.05) is 0 Å². The molecule has 0 unspecified atom stereocenters. The van der Waals surface area contributed by atoms with Gasteiger partial charge in [0.1, 0.15) is 5.82 Å². The Morgan fingerprint density at radius 1 is 1.30 bits per heavy atom. The van der Waals surface area contributed by atoms with Gasteiger partial charge in [-0.25, -0.2) is 17.5 Å². The van der Waals surface area contributed by atoms with Crippen molar-refractivity contribution in [3.05, 3.63) is 35.6 Å². The van der Waals surface area contributed by atoms with Gasteiger partial charge >= 0.3 is 0 Å². The van der Waals surface area contributed by atoms with Crippen molar-refractivity contribution in [3.63, 3.8) is 0 Å². The summed E-state index contributed by atoms with van der Waals surface area (Å²) in [4.78, 5) is 0. The third-order valence-electron chi connectivity index (χ3n) is 3.79. The predicted octanol–water partition coefficient (Wildman–Crippen LogP) is 1.76. The third-order valence-corrected chi connectivity index (χ3v) is 5.16. The van der Waals surface area contributed by atoms with E-state index in [0.29, 0.717) is 12.1 Å². The SMILES string of the molecule is NC[C@H]1CCCC[C@@H]1NS(=O)(=O)Cc1cccc(F)c1. The van der Waals surface area contributed by atoms with Gasteiger partial charge in [0.25, 0.3) is 0 Å². The molecule has 1 aromatic rings. The minimum Gasteiger partial charge on any atom is -0.330 e. The second-order valence-electron chi connectivity index (χ2n) is 5.39. The Morgan fingerprint density at radius 2 is 2.05 bits per heavy atom. The second-order valence-corrected chi connectivity index (χ2v) is 7.15. The minimum absolute atomic E-state index is 0.0905. The Bertz CT molecular complexity index is 548. The first kappa shape index (κ1) is 15.4. The maximum absolute atomic E-state index is 13.1. The van der Waals surface area contributed by atoms with E-state index in [0.717, 1.165) is 25.7 Å². The summed E-state index contributed by atoms with van der Waals surface area (Å²) in [7, 11) is -3.47. The first-order chi connectivity index (χ1) is 9.50. The Kier molecular flexibility index (Phi) is 5.12. The molecule has 2 rings (SSSR count).